The van der Waals surface area contributed by atoms with E-state index in [0.29, 0.717) is 82.1 Å². The van der Waals surface area contributed by atoms with E-state index in [-0.39, 0.29) is 88.1 Å². The van der Waals surface area contributed by atoms with Gasteiger partial charge in [-0.25, -0.2) is 9.59 Å². The molecule has 99 heavy (non-hydrogen) atoms. The Morgan fingerprint density at radius 3 is 1.79 bits per heavy atom. The van der Waals surface area contributed by atoms with Crippen LogP contribution in [0.1, 0.15) is 145 Å². The Labute approximate surface area is 585 Å². The van der Waals surface area contributed by atoms with E-state index in [9.17, 15) is 53.1 Å². The molecular formula is C71H116N10O18. The third kappa shape index (κ3) is 29.4. The highest BCUT2D eigenvalue weighted by molar-refractivity contribution is 5.98. The summed E-state index contributed by atoms with van der Waals surface area (Å²) in [6, 6.07) is 8.75. The van der Waals surface area contributed by atoms with Crippen LogP contribution in [0.3, 0.4) is 0 Å². The topological polar surface area (TPSA) is 363 Å². The summed E-state index contributed by atoms with van der Waals surface area (Å²) in [5, 5.41) is 27.6. The van der Waals surface area contributed by atoms with Crippen molar-refractivity contribution in [1.29, 1.82) is 0 Å². The van der Waals surface area contributed by atoms with Gasteiger partial charge in [0.2, 0.25) is 41.4 Å². The lowest BCUT2D eigenvalue weighted by molar-refractivity contribution is -0.148. The summed E-state index contributed by atoms with van der Waals surface area (Å²) in [5.74, 6) is -5.27. The molecule has 2 aromatic rings. The van der Waals surface area contributed by atoms with Crippen LogP contribution in [0, 0.1) is 29.6 Å². The maximum Gasteiger partial charge on any atom is 0.410 e. The minimum absolute atomic E-state index is 0.0465. The number of aliphatic hydroxyl groups is 1. The van der Waals surface area contributed by atoms with Gasteiger partial charge in [0.05, 0.1) is 102 Å². The van der Waals surface area contributed by atoms with Crippen molar-refractivity contribution in [2.75, 3.05) is 99.6 Å². The number of aliphatic hydroxyl groups excluding tert-OH is 1. The standard InChI is InChI=1S/C71H116N10O18/c1-16-47(8)62(56(93-14)42-58(84)81-33-21-25-55(81)64(94-15)49(10)65(86)74-50(11)63(85)52-22-18-17-19-23-52)79(12)69(90)60(45(4)5)78-68(89)61(46(6)7)80(13)71(92)99-43-51-26-28-53(29-27-51)75-66(87)54(24-20-32-73-70(72)91)76-67(88)59(44(2)3)77-57(83)31-35-96-37-39-98-41-40-97-38-36-95-34-30-48(9)82/h17-19,22-23,26-29,44-47,49-50,54-56,59-64,85H,16,20-21,24-25,30-43H2,1-15H3,(H,74,86)(H,75,87)(H,76,88)(H,77,83)(H,78,89)(H3,72,73,91)/t47-,49+,50+,54-,55-,56+,59-,60-,61-,62-,63+,64+/m0/s1. The number of benzene rings is 2. The Morgan fingerprint density at radius 1 is 0.667 bits per heavy atom. The first kappa shape index (κ1) is 85.9. The molecular weight excluding hydrogens is 1280 g/mol. The number of likely N-dealkylation sites (tertiary alicyclic amines) is 1. The van der Waals surface area contributed by atoms with Crippen LogP contribution in [0.25, 0.3) is 0 Å². The van der Waals surface area contributed by atoms with E-state index in [1.54, 1.807) is 109 Å². The maximum absolute atomic E-state index is 14.8. The number of carbonyl (C=O) groups is 10. The van der Waals surface area contributed by atoms with Crippen molar-refractivity contribution in [2.45, 2.75) is 195 Å². The molecule has 1 saturated heterocycles. The number of rotatable bonds is 47. The zero-order valence-electron chi connectivity index (χ0n) is 61.1. The predicted molar refractivity (Wildman–Crippen MR) is 372 cm³/mol. The first-order valence-electron chi connectivity index (χ1n) is 34.7. The summed E-state index contributed by atoms with van der Waals surface area (Å²) in [5.41, 5.74) is 6.79. The van der Waals surface area contributed by atoms with Crippen LogP contribution >= 0.6 is 0 Å². The molecule has 1 heterocycles. The normalized spacial score (nSPS) is 16.4. The van der Waals surface area contributed by atoms with Gasteiger partial charge in [0.1, 0.15) is 36.6 Å². The monoisotopic (exact) mass is 1400 g/mol. The van der Waals surface area contributed by atoms with Crippen LogP contribution in [0.15, 0.2) is 54.6 Å². The number of hydrogen-bond donors (Lipinski definition) is 8. The first-order valence-corrected chi connectivity index (χ1v) is 34.7. The molecule has 9 N–H and O–H groups in total. The molecule has 0 spiro atoms. The molecule has 1 aliphatic heterocycles. The number of likely N-dealkylation sites (N-methyl/N-ethyl adjacent to an activating group) is 2. The number of ketones is 1. The van der Waals surface area contributed by atoms with E-state index in [1.165, 1.54) is 33.1 Å². The van der Waals surface area contributed by atoms with Gasteiger partial charge < -0.3 is 85.7 Å². The molecule has 0 aliphatic carbocycles. The Kier molecular flexibility index (Phi) is 39.4. The molecule has 12 atom stereocenters. The highest BCUT2D eigenvalue weighted by Crippen LogP contribution is 2.31. The van der Waals surface area contributed by atoms with Crippen LogP contribution in [0.2, 0.25) is 0 Å². The highest BCUT2D eigenvalue weighted by Gasteiger charge is 2.44. The Morgan fingerprint density at radius 2 is 1.25 bits per heavy atom. The number of nitrogens with one attached hydrogen (secondary N) is 6. The summed E-state index contributed by atoms with van der Waals surface area (Å²) >= 11 is 0. The summed E-state index contributed by atoms with van der Waals surface area (Å²) in [7, 11) is 6.09. The van der Waals surface area contributed by atoms with Crippen molar-refractivity contribution in [2.24, 2.45) is 35.3 Å². The molecule has 28 heteroatoms. The highest BCUT2D eigenvalue weighted by atomic mass is 16.6. The SMILES string of the molecule is CC[C@H](C)[C@@H]([C@@H](CC(=O)N1CCC[C@H]1[C@H](OC)[C@@H](C)C(=O)N[C@H](C)[C@@H](O)c1ccccc1)OC)N(C)C(=O)[C@@H](NC(=O)[C@H](C(C)C)N(C)C(=O)OCc1ccc(NC(=O)[C@H](CCCNC(N)=O)NC(=O)[C@@H](NC(=O)CCOCCOCCOCCOCCC(C)=O)C(C)C)cc1)C(C)C. The molecule has 558 valence electrons. The van der Waals surface area contributed by atoms with Crippen LogP contribution < -0.4 is 37.6 Å². The van der Waals surface area contributed by atoms with Gasteiger partial charge in [0.15, 0.2) is 0 Å². The summed E-state index contributed by atoms with van der Waals surface area (Å²) in [6.45, 7) is 22.2. The van der Waals surface area contributed by atoms with Crippen LogP contribution in [-0.4, -0.2) is 228 Å². The molecule has 3 rings (SSSR count). The molecule has 1 fully saturated rings. The summed E-state index contributed by atoms with van der Waals surface area (Å²) in [4.78, 5) is 139. The minimum Gasteiger partial charge on any atom is -0.445 e. The number of ether oxygens (including phenoxy) is 7. The minimum atomic E-state index is -1.11. The van der Waals surface area contributed by atoms with Crippen molar-refractivity contribution in [1.82, 2.24) is 41.3 Å². The number of primary amides is 1. The smallest absolute Gasteiger partial charge is 0.410 e. The fraction of sp³-hybridized carbons (Fsp3) is 0.690. The van der Waals surface area contributed by atoms with Crippen molar-refractivity contribution in [3.05, 3.63) is 65.7 Å². The van der Waals surface area contributed by atoms with Gasteiger partial charge in [0, 0.05) is 59.9 Å². The first-order chi connectivity index (χ1) is 47.0. The Balaban J connectivity index is 1.63. The second-order valence-corrected chi connectivity index (χ2v) is 26.4. The lowest BCUT2D eigenvalue weighted by Gasteiger charge is -2.41. The molecule has 0 saturated carbocycles. The maximum atomic E-state index is 14.8. The third-order valence-electron chi connectivity index (χ3n) is 17.7. The van der Waals surface area contributed by atoms with Gasteiger partial charge >= 0.3 is 12.1 Å². The van der Waals surface area contributed by atoms with E-state index in [4.69, 9.17) is 38.9 Å². The second-order valence-electron chi connectivity index (χ2n) is 26.4. The van der Waals surface area contributed by atoms with Gasteiger partial charge in [-0.1, -0.05) is 111 Å². The molecule has 28 nitrogen and oxygen atoms in total. The fourth-order valence-electron chi connectivity index (χ4n) is 11.8. The molecule has 0 radical (unpaired) electrons. The molecule has 2 aromatic carbocycles. The van der Waals surface area contributed by atoms with Crippen LogP contribution in [0.4, 0.5) is 15.3 Å². The lowest BCUT2D eigenvalue weighted by Crippen LogP contribution is -2.60. The number of methoxy groups -OCH3 is 2. The molecule has 0 aromatic heterocycles. The zero-order chi connectivity index (χ0) is 73.9. The van der Waals surface area contributed by atoms with Gasteiger partial charge in [-0.05, 0) is 86.5 Å². The number of carbonyl (C=O) groups excluding carboxylic acids is 10. The van der Waals surface area contributed by atoms with E-state index < -0.39 is 120 Å². The number of nitrogens with two attached hydrogens (primary N) is 1. The predicted octanol–water partition coefficient (Wildman–Crippen LogP) is 5.03. The average Bonchev–Trinajstić information content (AvgIpc) is 1.80. The summed E-state index contributed by atoms with van der Waals surface area (Å²) < 4.78 is 39.5. The third-order valence-corrected chi connectivity index (χ3v) is 17.7. The van der Waals surface area contributed by atoms with Gasteiger partial charge in [0.25, 0.3) is 0 Å². The largest absolute Gasteiger partial charge is 0.445 e. The van der Waals surface area contributed by atoms with Crippen molar-refractivity contribution < 1.29 is 86.2 Å². The Bertz CT molecular complexity index is 2820. The Hall–Kier alpha value is -7.34. The molecule has 0 unspecified atom stereocenters. The summed E-state index contributed by atoms with van der Waals surface area (Å²) in [6.07, 6.45) is -0.756. The van der Waals surface area contributed by atoms with Crippen molar-refractivity contribution in [3.63, 3.8) is 0 Å². The van der Waals surface area contributed by atoms with Crippen molar-refractivity contribution in [3.8, 4) is 0 Å². The van der Waals surface area contributed by atoms with E-state index in [1.807, 2.05) is 32.0 Å². The molecule has 0 bridgehead atoms. The number of amides is 10. The number of urea groups is 1. The van der Waals surface area contributed by atoms with Gasteiger partial charge in [-0.15, -0.1) is 0 Å². The molecule has 1 aliphatic rings. The average molecular weight is 1400 g/mol. The van der Waals surface area contributed by atoms with E-state index in [2.05, 4.69) is 31.9 Å². The van der Waals surface area contributed by atoms with Gasteiger partial charge in [-0.3, -0.25) is 43.3 Å². The zero-order valence-corrected chi connectivity index (χ0v) is 61.1. The van der Waals surface area contributed by atoms with Gasteiger partial charge in [-0.2, -0.15) is 0 Å². The number of hydrogen-bond acceptors (Lipinski definition) is 18. The molecule has 10 amide bonds. The van der Waals surface area contributed by atoms with Crippen LogP contribution in [0.5, 0.6) is 0 Å². The van der Waals surface area contributed by atoms with Crippen molar-refractivity contribution >= 4 is 64.9 Å². The lowest BCUT2D eigenvalue weighted by atomic mass is 9.89. The quantitative estimate of drug-likeness (QED) is 0.0403. The van der Waals surface area contributed by atoms with Crippen LogP contribution in [-0.2, 0) is 78.1 Å². The number of anilines is 1. The second kappa shape index (κ2) is 45.4. The number of nitrogens with zero attached hydrogens (tertiary/aromatic N) is 3. The number of Topliss-reactive ketones (excluding diaryl/α,β-unsaturated/α-hetero) is 1. The fourth-order valence-corrected chi connectivity index (χ4v) is 11.8. The van der Waals surface area contributed by atoms with E-state index in [0.717, 1.165) is 0 Å². The van der Waals surface area contributed by atoms with E-state index >= 15 is 0 Å².